The third-order valence-corrected chi connectivity index (χ3v) is 3.58. The minimum atomic E-state index is -1.78. The van der Waals surface area contributed by atoms with Gasteiger partial charge in [0.05, 0.1) is 0 Å². The van der Waals surface area contributed by atoms with Crippen molar-refractivity contribution in [2.75, 3.05) is 0 Å². The fourth-order valence-corrected chi connectivity index (χ4v) is 3.26. The van der Waals surface area contributed by atoms with Crippen LogP contribution < -0.4 is 0 Å². The van der Waals surface area contributed by atoms with E-state index in [1.54, 1.807) is 0 Å². The second-order valence-electron chi connectivity index (χ2n) is 5.58. The summed E-state index contributed by atoms with van der Waals surface area (Å²) in [6, 6.07) is 12.2. The summed E-state index contributed by atoms with van der Waals surface area (Å²) in [7, 11) is -1.78. The van der Waals surface area contributed by atoms with Gasteiger partial charge in [0.25, 0.3) is 0 Å². The van der Waals surface area contributed by atoms with Crippen molar-refractivity contribution in [1.29, 1.82) is 5.26 Å². The number of nitriles is 1. The van der Waals surface area contributed by atoms with Crippen molar-refractivity contribution in [2.45, 2.75) is 39.1 Å². The van der Waals surface area contributed by atoms with Crippen LogP contribution in [0.25, 0.3) is 0 Å². The lowest BCUT2D eigenvalue weighted by molar-refractivity contribution is 0.0680. The Bertz CT molecular complexity index is 402. The van der Waals surface area contributed by atoms with Crippen LogP contribution in [0, 0.1) is 17.2 Å². The van der Waals surface area contributed by atoms with Crippen molar-refractivity contribution in [1.82, 2.24) is 0 Å². The van der Waals surface area contributed by atoms with E-state index in [9.17, 15) is 5.26 Å². The van der Waals surface area contributed by atoms with E-state index >= 15 is 0 Å². The van der Waals surface area contributed by atoms with E-state index in [0.29, 0.717) is 0 Å². The Kier molecular flexibility index (Phi) is 4.13. The Hall–Kier alpha value is -1.11. The SMILES string of the molecule is CC(C)[C@](C#N)(O[Si](C)(C)C)c1ccccc1. The van der Waals surface area contributed by atoms with E-state index in [0.717, 1.165) is 5.56 Å². The maximum absolute atomic E-state index is 9.61. The standard InChI is InChI=1S/C14H21NOSi/c1-12(2)14(11-15,16-17(3,4)5)13-9-7-6-8-10-13/h6-10,12H,1-5H3/t14-/m0/s1. The maximum Gasteiger partial charge on any atom is 0.186 e. The van der Waals surface area contributed by atoms with E-state index in [1.165, 1.54) is 0 Å². The predicted octanol–water partition coefficient (Wildman–Crippen LogP) is 3.91. The van der Waals surface area contributed by atoms with Crippen molar-refractivity contribution in [2.24, 2.45) is 5.92 Å². The van der Waals surface area contributed by atoms with Crippen LogP contribution in [0.2, 0.25) is 19.6 Å². The highest BCUT2D eigenvalue weighted by Crippen LogP contribution is 2.35. The summed E-state index contributed by atoms with van der Waals surface area (Å²) in [6.07, 6.45) is 0. The topological polar surface area (TPSA) is 33.0 Å². The Balaban J connectivity index is 3.25. The number of benzene rings is 1. The first-order valence-electron chi connectivity index (χ1n) is 5.99. The fourth-order valence-electron chi connectivity index (χ4n) is 1.90. The van der Waals surface area contributed by atoms with Gasteiger partial charge in [-0.05, 0) is 31.1 Å². The minimum absolute atomic E-state index is 0.127. The van der Waals surface area contributed by atoms with Crippen molar-refractivity contribution in [3.8, 4) is 6.07 Å². The average molecular weight is 247 g/mol. The molecule has 0 aliphatic rings. The van der Waals surface area contributed by atoms with Crippen molar-refractivity contribution >= 4 is 8.32 Å². The van der Waals surface area contributed by atoms with Gasteiger partial charge in [0.15, 0.2) is 13.9 Å². The van der Waals surface area contributed by atoms with Crippen LogP contribution in [0.15, 0.2) is 30.3 Å². The van der Waals surface area contributed by atoms with E-state index in [1.807, 2.05) is 44.2 Å². The lowest BCUT2D eigenvalue weighted by atomic mass is 9.85. The highest BCUT2D eigenvalue weighted by Gasteiger charge is 2.40. The molecule has 0 amide bonds. The first-order valence-corrected chi connectivity index (χ1v) is 9.39. The van der Waals surface area contributed by atoms with Gasteiger partial charge in [-0.3, -0.25) is 0 Å². The molecular weight excluding hydrogens is 226 g/mol. The summed E-state index contributed by atoms with van der Waals surface area (Å²) < 4.78 is 6.20. The molecule has 1 atom stereocenters. The Morgan fingerprint density at radius 3 is 2.06 bits per heavy atom. The van der Waals surface area contributed by atoms with Crippen LogP contribution in [0.4, 0.5) is 0 Å². The quantitative estimate of drug-likeness (QED) is 0.756. The molecule has 2 nitrogen and oxygen atoms in total. The smallest absolute Gasteiger partial charge is 0.186 e. The first kappa shape index (κ1) is 13.9. The molecule has 0 saturated carbocycles. The zero-order chi connectivity index (χ0) is 13.1. The zero-order valence-electron chi connectivity index (χ0n) is 11.3. The molecule has 0 aliphatic heterocycles. The monoisotopic (exact) mass is 247 g/mol. The third kappa shape index (κ3) is 3.18. The molecule has 1 aromatic rings. The zero-order valence-corrected chi connectivity index (χ0v) is 12.3. The second-order valence-corrected chi connectivity index (χ2v) is 10.0. The number of hydrogen-bond donors (Lipinski definition) is 0. The average Bonchev–Trinajstić information content (AvgIpc) is 2.25. The van der Waals surface area contributed by atoms with Crippen LogP contribution in [-0.4, -0.2) is 8.32 Å². The van der Waals surface area contributed by atoms with Crippen molar-refractivity contribution in [3.05, 3.63) is 35.9 Å². The second kappa shape index (κ2) is 5.03. The molecule has 1 aromatic carbocycles. The summed E-state index contributed by atoms with van der Waals surface area (Å²) in [4.78, 5) is 0. The highest BCUT2D eigenvalue weighted by molar-refractivity contribution is 6.69. The van der Waals surface area contributed by atoms with Gasteiger partial charge in [0.2, 0.25) is 0 Å². The summed E-state index contributed by atoms with van der Waals surface area (Å²) in [6.45, 7) is 10.4. The number of hydrogen-bond acceptors (Lipinski definition) is 2. The summed E-state index contributed by atoms with van der Waals surface area (Å²) >= 11 is 0. The fraction of sp³-hybridized carbons (Fsp3) is 0.500. The van der Waals surface area contributed by atoms with Gasteiger partial charge in [0.1, 0.15) is 6.07 Å². The van der Waals surface area contributed by atoms with Crippen molar-refractivity contribution in [3.63, 3.8) is 0 Å². The molecule has 0 radical (unpaired) electrons. The normalized spacial score (nSPS) is 15.4. The summed E-state index contributed by atoms with van der Waals surface area (Å²) in [5.74, 6) is 0.127. The van der Waals surface area contributed by atoms with Crippen molar-refractivity contribution < 1.29 is 4.43 Å². The number of nitrogens with zero attached hydrogens (tertiary/aromatic N) is 1. The van der Waals surface area contributed by atoms with E-state index in [-0.39, 0.29) is 5.92 Å². The van der Waals surface area contributed by atoms with Crippen LogP contribution in [0.1, 0.15) is 19.4 Å². The van der Waals surface area contributed by atoms with E-state index in [4.69, 9.17) is 4.43 Å². The van der Waals surface area contributed by atoms with Gasteiger partial charge in [-0.15, -0.1) is 0 Å². The highest BCUT2D eigenvalue weighted by atomic mass is 28.4. The molecular formula is C14H21NOSi. The molecule has 0 fully saturated rings. The molecule has 0 aromatic heterocycles. The Morgan fingerprint density at radius 1 is 1.18 bits per heavy atom. The van der Waals surface area contributed by atoms with Gasteiger partial charge in [-0.2, -0.15) is 5.26 Å². The predicted molar refractivity (Wildman–Crippen MR) is 73.0 cm³/mol. The van der Waals surface area contributed by atoms with Crippen LogP contribution in [-0.2, 0) is 10.0 Å². The van der Waals surface area contributed by atoms with E-state index in [2.05, 4.69) is 25.7 Å². The molecule has 0 aliphatic carbocycles. The van der Waals surface area contributed by atoms with Gasteiger partial charge < -0.3 is 4.43 Å². The lowest BCUT2D eigenvalue weighted by Crippen LogP contribution is -2.43. The molecule has 3 heteroatoms. The lowest BCUT2D eigenvalue weighted by Gasteiger charge is -2.37. The Labute approximate surface area is 105 Å². The van der Waals surface area contributed by atoms with Crippen LogP contribution in [0.5, 0.6) is 0 Å². The molecule has 0 N–H and O–H groups in total. The van der Waals surface area contributed by atoms with Gasteiger partial charge in [-0.1, -0.05) is 44.2 Å². The molecule has 17 heavy (non-hydrogen) atoms. The Morgan fingerprint density at radius 2 is 1.71 bits per heavy atom. The molecule has 92 valence electrons. The minimum Gasteiger partial charge on any atom is -0.396 e. The summed E-state index contributed by atoms with van der Waals surface area (Å²) in [5, 5.41) is 9.61. The number of rotatable bonds is 4. The molecule has 0 saturated heterocycles. The van der Waals surface area contributed by atoms with Crippen LogP contribution in [0.3, 0.4) is 0 Å². The molecule has 0 bridgehead atoms. The maximum atomic E-state index is 9.61. The first-order chi connectivity index (χ1) is 7.82. The largest absolute Gasteiger partial charge is 0.396 e. The van der Waals surface area contributed by atoms with E-state index < -0.39 is 13.9 Å². The molecule has 0 unspecified atom stereocenters. The molecule has 0 heterocycles. The van der Waals surface area contributed by atoms with Crippen LogP contribution >= 0.6 is 0 Å². The van der Waals surface area contributed by atoms with Gasteiger partial charge in [-0.25, -0.2) is 0 Å². The third-order valence-electron chi connectivity index (χ3n) is 2.65. The molecule has 1 rings (SSSR count). The summed E-state index contributed by atoms with van der Waals surface area (Å²) in [5.41, 5.74) is 0.145. The molecule has 0 spiro atoms. The van der Waals surface area contributed by atoms with Gasteiger partial charge >= 0.3 is 0 Å². The van der Waals surface area contributed by atoms with Gasteiger partial charge in [0, 0.05) is 0 Å².